The van der Waals surface area contributed by atoms with Gasteiger partial charge in [-0.3, -0.25) is 4.79 Å². The van der Waals surface area contributed by atoms with E-state index in [2.05, 4.69) is 37.9 Å². The summed E-state index contributed by atoms with van der Waals surface area (Å²) >= 11 is 0. The topological polar surface area (TPSA) is 69.1 Å². The van der Waals surface area contributed by atoms with Gasteiger partial charge in [-0.2, -0.15) is 0 Å². The largest absolute Gasteiger partial charge is 0.436 e. The fourth-order valence-corrected chi connectivity index (χ4v) is 2.32. The minimum atomic E-state index is -0.471. The van der Waals surface area contributed by atoms with E-state index < -0.39 is 5.91 Å². The summed E-state index contributed by atoms with van der Waals surface area (Å²) < 4.78 is 5.75. The van der Waals surface area contributed by atoms with Crippen LogP contribution < -0.4 is 5.73 Å². The lowest BCUT2D eigenvalue weighted by molar-refractivity contribution is 0.100. The van der Waals surface area contributed by atoms with Crippen LogP contribution in [0, 0.1) is 0 Å². The SMILES string of the molecule is CC(C)(C)c1ccc(-c2nc3cc(C(N)=O)ccc3o2)cc1. The summed E-state index contributed by atoms with van der Waals surface area (Å²) in [6.45, 7) is 6.52. The van der Waals surface area contributed by atoms with Crippen molar-refractivity contribution in [1.29, 1.82) is 0 Å². The van der Waals surface area contributed by atoms with Crippen molar-refractivity contribution < 1.29 is 9.21 Å². The quantitative estimate of drug-likeness (QED) is 0.779. The fraction of sp³-hybridized carbons (Fsp3) is 0.222. The molecule has 4 heteroatoms. The van der Waals surface area contributed by atoms with Crippen LogP contribution in [0.15, 0.2) is 46.9 Å². The lowest BCUT2D eigenvalue weighted by Gasteiger charge is -2.18. The fourth-order valence-electron chi connectivity index (χ4n) is 2.32. The predicted molar refractivity (Wildman–Crippen MR) is 86.7 cm³/mol. The number of primary amides is 1. The van der Waals surface area contributed by atoms with E-state index >= 15 is 0 Å². The van der Waals surface area contributed by atoms with E-state index in [1.165, 1.54) is 5.56 Å². The number of hydrogen-bond acceptors (Lipinski definition) is 3. The van der Waals surface area contributed by atoms with Crippen LogP contribution in [0.5, 0.6) is 0 Å². The molecule has 0 saturated heterocycles. The third-order valence-corrected chi connectivity index (χ3v) is 3.67. The molecule has 3 aromatic rings. The Balaban J connectivity index is 2.01. The summed E-state index contributed by atoms with van der Waals surface area (Å²) in [5.74, 6) is 0.0676. The van der Waals surface area contributed by atoms with Crippen LogP contribution in [0.2, 0.25) is 0 Å². The summed E-state index contributed by atoms with van der Waals surface area (Å²) in [4.78, 5) is 15.7. The zero-order chi connectivity index (χ0) is 15.9. The Kier molecular flexibility index (Phi) is 3.24. The second-order valence-electron chi connectivity index (χ2n) is 6.39. The maximum atomic E-state index is 11.2. The highest BCUT2D eigenvalue weighted by molar-refractivity contribution is 5.96. The molecule has 0 unspecified atom stereocenters. The van der Waals surface area contributed by atoms with E-state index in [9.17, 15) is 4.79 Å². The second-order valence-corrected chi connectivity index (χ2v) is 6.39. The lowest BCUT2D eigenvalue weighted by atomic mass is 9.87. The van der Waals surface area contributed by atoms with Gasteiger partial charge >= 0.3 is 0 Å². The van der Waals surface area contributed by atoms with Gasteiger partial charge in [-0.1, -0.05) is 32.9 Å². The molecule has 0 saturated carbocycles. The first-order valence-electron chi connectivity index (χ1n) is 7.16. The highest BCUT2D eigenvalue weighted by Gasteiger charge is 2.15. The van der Waals surface area contributed by atoms with Gasteiger partial charge in [-0.25, -0.2) is 4.98 Å². The Morgan fingerprint density at radius 1 is 1.09 bits per heavy atom. The van der Waals surface area contributed by atoms with Crippen molar-refractivity contribution in [2.75, 3.05) is 0 Å². The number of carbonyl (C=O) groups is 1. The van der Waals surface area contributed by atoms with E-state index in [4.69, 9.17) is 10.2 Å². The average molecular weight is 294 g/mol. The predicted octanol–water partition coefficient (Wildman–Crippen LogP) is 3.89. The van der Waals surface area contributed by atoms with Gasteiger partial charge in [0.1, 0.15) is 5.52 Å². The number of aromatic nitrogens is 1. The third kappa shape index (κ3) is 2.60. The molecule has 0 bridgehead atoms. The number of nitrogens with zero attached hydrogens (tertiary/aromatic N) is 1. The summed E-state index contributed by atoms with van der Waals surface area (Å²) in [5.41, 5.74) is 9.25. The summed E-state index contributed by atoms with van der Waals surface area (Å²) in [7, 11) is 0. The van der Waals surface area contributed by atoms with E-state index in [1.54, 1.807) is 18.2 Å². The first-order valence-corrected chi connectivity index (χ1v) is 7.16. The Morgan fingerprint density at radius 3 is 2.36 bits per heavy atom. The molecular formula is C18H18N2O2. The molecule has 0 aliphatic rings. The van der Waals surface area contributed by atoms with Gasteiger partial charge < -0.3 is 10.2 Å². The number of carbonyl (C=O) groups excluding carboxylic acids is 1. The van der Waals surface area contributed by atoms with E-state index in [0.29, 0.717) is 22.6 Å². The van der Waals surface area contributed by atoms with Gasteiger partial charge in [-0.05, 0) is 41.3 Å². The van der Waals surface area contributed by atoms with Crippen molar-refractivity contribution in [3.8, 4) is 11.5 Å². The number of benzene rings is 2. The van der Waals surface area contributed by atoms with Crippen molar-refractivity contribution in [1.82, 2.24) is 4.98 Å². The van der Waals surface area contributed by atoms with Gasteiger partial charge in [0.2, 0.25) is 11.8 Å². The number of fused-ring (bicyclic) bond motifs is 1. The summed E-state index contributed by atoms with van der Waals surface area (Å²) in [6.07, 6.45) is 0. The van der Waals surface area contributed by atoms with Crippen LogP contribution in [0.3, 0.4) is 0 Å². The van der Waals surface area contributed by atoms with Crippen LogP contribution in [0.4, 0.5) is 0 Å². The first-order chi connectivity index (χ1) is 10.3. The Labute approximate surface area is 129 Å². The highest BCUT2D eigenvalue weighted by Crippen LogP contribution is 2.28. The zero-order valence-electron chi connectivity index (χ0n) is 12.9. The lowest BCUT2D eigenvalue weighted by Crippen LogP contribution is -2.10. The molecular weight excluding hydrogens is 276 g/mol. The molecule has 2 N–H and O–H groups in total. The van der Waals surface area contributed by atoms with Crippen molar-refractivity contribution in [3.63, 3.8) is 0 Å². The summed E-state index contributed by atoms with van der Waals surface area (Å²) in [6, 6.07) is 13.2. The minimum absolute atomic E-state index is 0.107. The van der Waals surface area contributed by atoms with Crippen LogP contribution in [0.1, 0.15) is 36.7 Å². The molecule has 0 spiro atoms. The molecule has 112 valence electrons. The molecule has 0 aliphatic carbocycles. The van der Waals surface area contributed by atoms with Crippen molar-refractivity contribution in [2.45, 2.75) is 26.2 Å². The number of rotatable bonds is 2. The minimum Gasteiger partial charge on any atom is -0.436 e. The molecule has 0 atom stereocenters. The summed E-state index contributed by atoms with van der Waals surface area (Å²) in [5, 5.41) is 0. The van der Waals surface area contributed by atoms with E-state index in [0.717, 1.165) is 5.56 Å². The molecule has 3 rings (SSSR count). The molecule has 1 aromatic heterocycles. The normalized spacial score (nSPS) is 11.8. The Bertz CT molecular complexity index is 840. The number of amides is 1. The van der Waals surface area contributed by atoms with Gasteiger partial charge in [-0.15, -0.1) is 0 Å². The maximum absolute atomic E-state index is 11.2. The average Bonchev–Trinajstić information content (AvgIpc) is 2.89. The second kappa shape index (κ2) is 4.98. The number of oxazole rings is 1. The molecule has 2 aromatic carbocycles. The molecule has 1 amide bonds. The van der Waals surface area contributed by atoms with Crippen molar-refractivity contribution in [2.24, 2.45) is 5.73 Å². The van der Waals surface area contributed by atoms with Gasteiger partial charge in [0.05, 0.1) is 0 Å². The van der Waals surface area contributed by atoms with E-state index in [-0.39, 0.29) is 5.41 Å². The van der Waals surface area contributed by atoms with Gasteiger partial charge in [0.25, 0.3) is 0 Å². The van der Waals surface area contributed by atoms with Crippen LogP contribution in [-0.2, 0) is 5.41 Å². The molecule has 4 nitrogen and oxygen atoms in total. The number of nitrogens with two attached hydrogens (primary N) is 1. The highest BCUT2D eigenvalue weighted by atomic mass is 16.3. The molecule has 22 heavy (non-hydrogen) atoms. The number of hydrogen-bond donors (Lipinski definition) is 1. The molecule has 0 fully saturated rings. The van der Waals surface area contributed by atoms with Crippen molar-refractivity contribution in [3.05, 3.63) is 53.6 Å². The maximum Gasteiger partial charge on any atom is 0.248 e. The zero-order valence-corrected chi connectivity index (χ0v) is 12.9. The molecule has 0 aliphatic heterocycles. The van der Waals surface area contributed by atoms with Crippen LogP contribution in [-0.4, -0.2) is 10.9 Å². The van der Waals surface area contributed by atoms with Gasteiger partial charge in [0, 0.05) is 11.1 Å². The molecule has 0 radical (unpaired) electrons. The molecule has 1 heterocycles. The van der Waals surface area contributed by atoms with Crippen LogP contribution >= 0.6 is 0 Å². The first kappa shape index (κ1) is 14.3. The monoisotopic (exact) mass is 294 g/mol. The Morgan fingerprint density at radius 2 is 1.77 bits per heavy atom. The van der Waals surface area contributed by atoms with Crippen LogP contribution in [0.25, 0.3) is 22.6 Å². The third-order valence-electron chi connectivity index (χ3n) is 3.67. The standard InChI is InChI=1S/C18H18N2O2/c1-18(2,3)13-7-4-11(5-8-13)17-20-14-10-12(16(19)21)6-9-15(14)22-17/h4-10H,1-3H3,(H2,19,21). The van der Waals surface area contributed by atoms with Gasteiger partial charge in [0.15, 0.2) is 5.58 Å². The Hall–Kier alpha value is -2.62. The van der Waals surface area contributed by atoms with Crippen molar-refractivity contribution >= 4 is 17.0 Å². The smallest absolute Gasteiger partial charge is 0.248 e. The van der Waals surface area contributed by atoms with E-state index in [1.807, 2.05) is 12.1 Å².